The Morgan fingerprint density at radius 1 is 1.10 bits per heavy atom. The van der Waals surface area contributed by atoms with Crippen molar-refractivity contribution in [2.24, 2.45) is 0 Å². The molecule has 1 aromatic carbocycles. The summed E-state index contributed by atoms with van der Waals surface area (Å²) in [5, 5.41) is 8.97. The summed E-state index contributed by atoms with van der Waals surface area (Å²) < 4.78 is 0. The van der Waals surface area contributed by atoms with Gasteiger partial charge in [-0.3, -0.25) is 14.6 Å². The van der Waals surface area contributed by atoms with Crippen molar-refractivity contribution >= 4 is 23.5 Å². The molecule has 0 saturated carbocycles. The standard InChI is InChI=1S/C15H10N2O4/c1-8-2-3-11-12(4-8)14(19)17(13(11)18)10-5-9(15(20)21)6-16-7-10/h2-7H,1H3,(H,20,21). The van der Waals surface area contributed by atoms with Crippen LogP contribution in [0.15, 0.2) is 36.7 Å². The van der Waals surface area contributed by atoms with Crippen LogP contribution >= 0.6 is 0 Å². The van der Waals surface area contributed by atoms with Crippen LogP contribution in [0.4, 0.5) is 5.69 Å². The van der Waals surface area contributed by atoms with E-state index in [0.717, 1.165) is 16.7 Å². The van der Waals surface area contributed by atoms with Crippen molar-refractivity contribution in [2.45, 2.75) is 6.92 Å². The molecule has 2 amide bonds. The van der Waals surface area contributed by atoms with E-state index in [0.29, 0.717) is 11.1 Å². The summed E-state index contributed by atoms with van der Waals surface area (Å²) in [4.78, 5) is 40.4. The van der Waals surface area contributed by atoms with Crippen molar-refractivity contribution in [3.05, 3.63) is 58.9 Å². The van der Waals surface area contributed by atoms with Crippen molar-refractivity contribution in [3.63, 3.8) is 0 Å². The number of rotatable bonds is 2. The molecule has 2 heterocycles. The molecule has 0 unspecified atom stereocenters. The van der Waals surface area contributed by atoms with Crippen LogP contribution in [-0.2, 0) is 0 Å². The van der Waals surface area contributed by atoms with Crippen LogP contribution in [0.2, 0.25) is 0 Å². The van der Waals surface area contributed by atoms with E-state index in [1.807, 2.05) is 6.92 Å². The Morgan fingerprint density at radius 3 is 2.52 bits per heavy atom. The number of aromatic nitrogens is 1. The lowest BCUT2D eigenvalue weighted by Gasteiger charge is -2.13. The molecule has 104 valence electrons. The van der Waals surface area contributed by atoms with Crippen molar-refractivity contribution in [1.29, 1.82) is 0 Å². The van der Waals surface area contributed by atoms with Gasteiger partial charge in [-0.2, -0.15) is 0 Å². The average molecular weight is 282 g/mol. The van der Waals surface area contributed by atoms with Crippen molar-refractivity contribution in [1.82, 2.24) is 4.98 Å². The fourth-order valence-electron chi connectivity index (χ4n) is 2.26. The summed E-state index contributed by atoms with van der Waals surface area (Å²) >= 11 is 0. The number of aryl methyl sites for hydroxylation is 1. The number of hydrogen-bond donors (Lipinski definition) is 1. The van der Waals surface area contributed by atoms with E-state index in [2.05, 4.69) is 4.98 Å². The first kappa shape index (κ1) is 13.0. The molecule has 0 fully saturated rings. The molecule has 0 bridgehead atoms. The van der Waals surface area contributed by atoms with Gasteiger partial charge in [0.1, 0.15) is 0 Å². The highest BCUT2D eigenvalue weighted by Gasteiger charge is 2.37. The third kappa shape index (κ3) is 1.97. The molecule has 0 saturated heterocycles. The summed E-state index contributed by atoms with van der Waals surface area (Å²) in [6.45, 7) is 1.83. The smallest absolute Gasteiger partial charge is 0.337 e. The van der Waals surface area contributed by atoms with Crippen LogP contribution < -0.4 is 4.90 Å². The quantitative estimate of drug-likeness (QED) is 0.850. The van der Waals surface area contributed by atoms with E-state index in [4.69, 9.17) is 5.11 Å². The van der Waals surface area contributed by atoms with E-state index in [-0.39, 0.29) is 11.3 Å². The van der Waals surface area contributed by atoms with E-state index in [1.54, 1.807) is 18.2 Å². The number of aromatic carboxylic acids is 1. The average Bonchev–Trinajstić information content (AvgIpc) is 2.70. The number of benzene rings is 1. The second-order valence-electron chi connectivity index (χ2n) is 4.73. The number of carbonyl (C=O) groups is 3. The Bertz CT molecular complexity index is 798. The van der Waals surface area contributed by atoms with Gasteiger partial charge < -0.3 is 5.11 Å². The lowest BCUT2D eigenvalue weighted by Crippen LogP contribution is -2.29. The Hall–Kier alpha value is -3.02. The minimum absolute atomic E-state index is 0.0831. The molecule has 0 atom stereocenters. The van der Waals surface area contributed by atoms with Crippen LogP contribution in [0.1, 0.15) is 36.6 Å². The number of hydrogen-bond acceptors (Lipinski definition) is 4. The third-order valence-corrected chi connectivity index (χ3v) is 3.27. The molecular weight excluding hydrogens is 272 g/mol. The molecule has 6 heteroatoms. The monoisotopic (exact) mass is 282 g/mol. The number of amides is 2. The summed E-state index contributed by atoms with van der Waals surface area (Å²) in [7, 11) is 0. The van der Waals surface area contributed by atoms with Gasteiger partial charge in [0.15, 0.2) is 0 Å². The van der Waals surface area contributed by atoms with Crippen molar-refractivity contribution in [2.75, 3.05) is 4.90 Å². The zero-order valence-corrected chi connectivity index (χ0v) is 11.0. The van der Waals surface area contributed by atoms with Crippen LogP contribution in [0.3, 0.4) is 0 Å². The molecule has 1 N–H and O–H groups in total. The Morgan fingerprint density at radius 2 is 1.81 bits per heavy atom. The topological polar surface area (TPSA) is 87.6 Å². The van der Waals surface area contributed by atoms with Crippen molar-refractivity contribution in [3.8, 4) is 0 Å². The summed E-state index contributed by atoms with van der Waals surface area (Å²) in [6, 6.07) is 6.24. The van der Waals surface area contributed by atoms with Gasteiger partial charge in [-0.15, -0.1) is 0 Å². The number of anilines is 1. The zero-order chi connectivity index (χ0) is 15.1. The number of fused-ring (bicyclic) bond motifs is 1. The molecule has 0 spiro atoms. The molecule has 21 heavy (non-hydrogen) atoms. The molecule has 6 nitrogen and oxygen atoms in total. The highest BCUT2D eigenvalue weighted by atomic mass is 16.4. The van der Waals surface area contributed by atoms with Gasteiger partial charge in [0.05, 0.1) is 28.6 Å². The minimum atomic E-state index is -1.17. The van der Waals surface area contributed by atoms with E-state index < -0.39 is 17.8 Å². The number of carbonyl (C=O) groups excluding carboxylic acids is 2. The molecule has 0 radical (unpaired) electrons. The fraction of sp³-hybridized carbons (Fsp3) is 0.0667. The predicted molar refractivity (Wildman–Crippen MR) is 73.5 cm³/mol. The Balaban J connectivity index is 2.10. The van der Waals surface area contributed by atoms with Gasteiger partial charge in [-0.25, -0.2) is 9.69 Å². The SMILES string of the molecule is Cc1ccc2c(c1)C(=O)N(c1cncc(C(=O)O)c1)C2=O. The summed E-state index contributed by atoms with van der Waals surface area (Å²) in [6.07, 6.45) is 2.45. The van der Waals surface area contributed by atoms with E-state index in [1.165, 1.54) is 12.3 Å². The number of carboxylic acid groups (broad SMARTS) is 1. The maximum absolute atomic E-state index is 12.4. The lowest BCUT2D eigenvalue weighted by molar-refractivity contribution is 0.0695. The van der Waals surface area contributed by atoms with Crippen LogP contribution in [0.25, 0.3) is 0 Å². The zero-order valence-electron chi connectivity index (χ0n) is 11.0. The molecule has 1 aromatic heterocycles. The molecule has 1 aliphatic rings. The van der Waals surface area contributed by atoms with Gasteiger partial charge >= 0.3 is 5.97 Å². The first-order valence-electron chi connectivity index (χ1n) is 6.17. The minimum Gasteiger partial charge on any atom is -0.478 e. The number of carboxylic acids is 1. The second-order valence-corrected chi connectivity index (χ2v) is 4.73. The fourth-order valence-corrected chi connectivity index (χ4v) is 2.26. The van der Waals surface area contributed by atoms with Gasteiger partial charge in [0.25, 0.3) is 11.8 Å². The lowest BCUT2D eigenvalue weighted by atomic mass is 10.1. The van der Waals surface area contributed by atoms with Crippen LogP contribution in [0.5, 0.6) is 0 Å². The second kappa shape index (κ2) is 4.52. The van der Waals surface area contributed by atoms with Crippen LogP contribution in [-0.4, -0.2) is 27.9 Å². The number of imide groups is 1. The van der Waals surface area contributed by atoms with Crippen molar-refractivity contribution < 1.29 is 19.5 Å². The molecule has 2 aromatic rings. The molecule has 3 rings (SSSR count). The predicted octanol–water partition coefficient (Wildman–Crippen LogP) is 1.89. The largest absolute Gasteiger partial charge is 0.478 e. The van der Waals surface area contributed by atoms with Gasteiger partial charge in [0, 0.05) is 6.20 Å². The molecule has 1 aliphatic heterocycles. The van der Waals surface area contributed by atoms with E-state index >= 15 is 0 Å². The van der Waals surface area contributed by atoms with Gasteiger partial charge in [0.2, 0.25) is 0 Å². The van der Waals surface area contributed by atoms with Gasteiger partial charge in [-0.1, -0.05) is 11.6 Å². The number of nitrogens with zero attached hydrogens (tertiary/aromatic N) is 2. The Kier molecular flexibility index (Phi) is 2.79. The summed E-state index contributed by atoms with van der Waals surface area (Å²) in [5.74, 6) is -2.11. The van der Waals surface area contributed by atoms with Crippen LogP contribution in [0, 0.1) is 6.92 Å². The summed E-state index contributed by atoms with van der Waals surface area (Å²) in [5.41, 5.74) is 1.57. The molecular formula is C15H10N2O4. The Labute approximate surface area is 119 Å². The van der Waals surface area contributed by atoms with E-state index in [9.17, 15) is 14.4 Å². The first-order chi connectivity index (χ1) is 9.99. The highest BCUT2D eigenvalue weighted by molar-refractivity contribution is 6.34. The molecule has 0 aliphatic carbocycles. The van der Waals surface area contributed by atoms with Gasteiger partial charge in [-0.05, 0) is 25.1 Å². The maximum atomic E-state index is 12.4. The first-order valence-corrected chi connectivity index (χ1v) is 6.17. The highest BCUT2D eigenvalue weighted by Crippen LogP contribution is 2.28. The normalized spacial score (nSPS) is 13.5. The number of pyridine rings is 1. The maximum Gasteiger partial charge on any atom is 0.337 e. The third-order valence-electron chi connectivity index (χ3n) is 3.27.